The van der Waals surface area contributed by atoms with Gasteiger partial charge < -0.3 is 14.6 Å². The molecule has 0 aliphatic carbocycles. The van der Waals surface area contributed by atoms with E-state index in [1.165, 1.54) is 7.05 Å². The molecule has 0 aromatic carbocycles. The zero-order valence-electron chi connectivity index (χ0n) is 12.0. The Morgan fingerprint density at radius 1 is 1.45 bits per heavy atom. The van der Waals surface area contributed by atoms with Crippen LogP contribution in [0, 0.1) is 0 Å². The van der Waals surface area contributed by atoms with Gasteiger partial charge in [-0.25, -0.2) is 9.52 Å². The van der Waals surface area contributed by atoms with Crippen molar-refractivity contribution in [3.63, 3.8) is 0 Å². The third-order valence-corrected chi connectivity index (χ3v) is 4.28. The monoisotopic (exact) mass is 310 g/mol. The third-order valence-electron chi connectivity index (χ3n) is 2.91. The summed E-state index contributed by atoms with van der Waals surface area (Å²) < 4.78 is 36.3. The van der Waals surface area contributed by atoms with E-state index in [9.17, 15) is 18.3 Å². The van der Waals surface area contributed by atoms with Crippen LogP contribution in [0.4, 0.5) is 4.79 Å². The van der Waals surface area contributed by atoms with Gasteiger partial charge in [-0.1, -0.05) is 0 Å². The highest BCUT2D eigenvalue weighted by Gasteiger charge is 2.35. The molecule has 0 aromatic heterocycles. The molecule has 20 heavy (non-hydrogen) atoms. The topological polar surface area (TPSA) is 105 Å². The van der Waals surface area contributed by atoms with Crippen molar-refractivity contribution in [2.75, 3.05) is 26.8 Å². The number of aliphatic hydroxyl groups is 1. The predicted octanol–water partition coefficient (Wildman–Crippen LogP) is -0.161. The SMILES string of the molecule is CC(C)OC(=O)NS(=O)(=O)N(C)CC1(O)CCOCC1. The third kappa shape index (κ3) is 5.23. The van der Waals surface area contributed by atoms with Crippen molar-refractivity contribution in [2.45, 2.75) is 38.4 Å². The number of likely N-dealkylation sites (N-methyl/N-ethyl adjacent to an activating group) is 1. The number of carbonyl (C=O) groups excluding carboxylic acids is 1. The van der Waals surface area contributed by atoms with Crippen LogP contribution in [0.5, 0.6) is 0 Å². The van der Waals surface area contributed by atoms with Gasteiger partial charge in [-0.3, -0.25) is 0 Å². The first-order valence-corrected chi connectivity index (χ1v) is 7.83. The van der Waals surface area contributed by atoms with Gasteiger partial charge in [0.1, 0.15) is 0 Å². The second-order valence-electron chi connectivity index (χ2n) is 5.15. The van der Waals surface area contributed by atoms with Crippen LogP contribution in [0.2, 0.25) is 0 Å². The van der Waals surface area contributed by atoms with Gasteiger partial charge in [0.05, 0.1) is 11.7 Å². The summed E-state index contributed by atoms with van der Waals surface area (Å²) in [5, 5.41) is 10.3. The molecule has 0 bridgehead atoms. The Labute approximate surface area is 119 Å². The molecule has 1 fully saturated rings. The molecule has 1 rings (SSSR count). The number of hydrogen-bond acceptors (Lipinski definition) is 6. The lowest BCUT2D eigenvalue weighted by atomic mass is 9.95. The van der Waals surface area contributed by atoms with Crippen molar-refractivity contribution in [3.05, 3.63) is 0 Å². The molecule has 0 radical (unpaired) electrons. The average molecular weight is 310 g/mol. The number of hydrogen-bond donors (Lipinski definition) is 2. The number of nitrogens with one attached hydrogen (secondary N) is 1. The average Bonchev–Trinajstić information content (AvgIpc) is 2.26. The number of rotatable bonds is 5. The van der Waals surface area contributed by atoms with Crippen molar-refractivity contribution < 1.29 is 27.8 Å². The van der Waals surface area contributed by atoms with Crippen LogP contribution in [-0.4, -0.2) is 62.4 Å². The number of amides is 1. The minimum absolute atomic E-state index is 0.110. The van der Waals surface area contributed by atoms with Crippen LogP contribution in [0.1, 0.15) is 26.7 Å². The van der Waals surface area contributed by atoms with Crippen molar-refractivity contribution in [2.24, 2.45) is 0 Å². The number of nitrogens with zero attached hydrogens (tertiary/aromatic N) is 1. The number of ether oxygens (including phenoxy) is 2. The van der Waals surface area contributed by atoms with Crippen LogP contribution >= 0.6 is 0 Å². The fourth-order valence-corrected chi connectivity index (χ4v) is 2.66. The van der Waals surface area contributed by atoms with Gasteiger partial charge in [0.2, 0.25) is 0 Å². The molecule has 118 valence electrons. The first-order chi connectivity index (χ1) is 9.15. The Hall–Kier alpha value is -0.900. The minimum Gasteiger partial charge on any atom is -0.446 e. The van der Waals surface area contributed by atoms with Crippen molar-refractivity contribution in [1.29, 1.82) is 0 Å². The standard InChI is InChI=1S/C11H22N2O6S/c1-9(2)19-10(14)12-20(16,17)13(3)8-11(15)4-6-18-7-5-11/h9,15H,4-8H2,1-3H3,(H,12,14). The van der Waals surface area contributed by atoms with E-state index in [4.69, 9.17) is 9.47 Å². The van der Waals surface area contributed by atoms with E-state index in [2.05, 4.69) is 0 Å². The predicted molar refractivity (Wildman–Crippen MR) is 71.3 cm³/mol. The molecule has 1 aliphatic heterocycles. The molecule has 1 aliphatic rings. The molecule has 1 saturated heterocycles. The molecule has 0 saturated carbocycles. The van der Waals surface area contributed by atoms with Gasteiger partial charge in [0, 0.05) is 39.6 Å². The fraction of sp³-hybridized carbons (Fsp3) is 0.909. The van der Waals surface area contributed by atoms with Gasteiger partial charge in [-0.2, -0.15) is 12.7 Å². The molecule has 0 spiro atoms. The Kier molecular flexibility index (Phi) is 5.75. The van der Waals surface area contributed by atoms with Crippen LogP contribution < -0.4 is 4.72 Å². The van der Waals surface area contributed by atoms with Gasteiger partial charge in [-0.15, -0.1) is 0 Å². The Morgan fingerprint density at radius 2 is 2.00 bits per heavy atom. The summed E-state index contributed by atoms with van der Waals surface area (Å²) >= 11 is 0. The van der Waals surface area contributed by atoms with Gasteiger partial charge in [0.15, 0.2) is 0 Å². The first-order valence-electron chi connectivity index (χ1n) is 6.39. The van der Waals surface area contributed by atoms with E-state index in [0.29, 0.717) is 26.1 Å². The van der Waals surface area contributed by atoms with Crippen LogP contribution in [-0.2, 0) is 19.7 Å². The molecule has 2 N–H and O–H groups in total. The lowest BCUT2D eigenvalue weighted by Crippen LogP contribution is -2.51. The van der Waals surface area contributed by atoms with Crippen molar-refractivity contribution in [3.8, 4) is 0 Å². The van der Waals surface area contributed by atoms with Crippen LogP contribution in [0.15, 0.2) is 0 Å². The quantitative estimate of drug-likeness (QED) is 0.731. The smallest absolute Gasteiger partial charge is 0.422 e. The zero-order valence-corrected chi connectivity index (χ0v) is 12.8. The van der Waals surface area contributed by atoms with E-state index in [-0.39, 0.29) is 6.54 Å². The lowest BCUT2D eigenvalue weighted by Gasteiger charge is -2.34. The van der Waals surface area contributed by atoms with Crippen molar-refractivity contribution >= 4 is 16.3 Å². The highest BCUT2D eigenvalue weighted by Crippen LogP contribution is 2.21. The summed E-state index contributed by atoms with van der Waals surface area (Å²) in [7, 11) is -2.74. The highest BCUT2D eigenvalue weighted by molar-refractivity contribution is 7.87. The van der Waals surface area contributed by atoms with Crippen molar-refractivity contribution in [1.82, 2.24) is 9.03 Å². The molecule has 0 unspecified atom stereocenters. The molecule has 9 heteroatoms. The molecule has 1 heterocycles. The van der Waals surface area contributed by atoms with Gasteiger partial charge >= 0.3 is 16.3 Å². The second kappa shape index (κ2) is 6.70. The summed E-state index contributed by atoms with van der Waals surface area (Å²) in [6.07, 6.45) is -0.756. The van der Waals surface area contributed by atoms with E-state index < -0.39 is 28.0 Å². The maximum Gasteiger partial charge on any atom is 0.422 e. The van der Waals surface area contributed by atoms with Crippen LogP contribution in [0.25, 0.3) is 0 Å². The van der Waals surface area contributed by atoms with E-state index in [1.807, 2.05) is 0 Å². The molecular formula is C11H22N2O6S. The maximum atomic E-state index is 11.9. The van der Waals surface area contributed by atoms with Gasteiger partial charge in [0.25, 0.3) is 0 Å². The second-order valence-corrected chi connectivity index (χ2v) is 6.93. The van der Waals surface area contributed by atoms with E-state index in [1.54, 1.807) is 18.6 Å². The lowest BCUT2D eigenvalue weighted by molar-refractivity contribution is -0.0690. The maximum absolute atomic E-state index is 11.9. The zero-order chi connectivity index (χ0) is 15.4. The largest absolute Gasteiger partial charge is 0.446 e. The summed E-state index contributed by atoms with van der Waals surface area (Å²) in [5.41, 5.74) is -1.14. The summed E-state index contributed by atoms with van der Waals surface area (Å²) in [6, 6.07) is 0. The Bertz CT molecular complexity index is 430. The van der Waals surface area contributed by atoms with E-state index in [0.717, 1.165) is 4.31 Å². The highest BCUT2D eigenvalue weighted by atomic mass is 32.2. The fourth-order valence-electron chi connectivity index (χ4n) is 1.83. The minimum atomic E-state index is -4.03. The summed E-state index contributed by atoms with van der Waals surface area (Å²) in [5.74, 6) is 0. The van der Waals surface area contributed by atoms with E-state index >= 15 is 0 Å². The normalized spacial score (nSPS) is 19.1. The molecule has 0 aromatic rings. The number of carbonyl (C=O) groups is 1. The molecular weight excluding hydrogens is 288 g/mol. The molecule has 8 nitrogen and oxygen atoms in total. The Balaban J connectivity index is 2.60. The molecule has 0 atom stereocenters. The van der Waals surface area contributed by atoms with Gasteiger partial charge in [-0.05, 0) is 13.8 Å². The first kappa shape index (κ1) is 17.2. The summed E-state index contributed by atoms with van der Waals surface area (Å²) in [6.45, 7) is 3.88. The molecule has 1 amide bonds. The summed E-state index contributed by atoms with van der Waals surface area (Å²) in [4.78, 5) is 11.3. The van der Waals surface area contributed by atoms with Crippen LogP contribution in [0.3, 0.4) is 0 Å². The Morgan fingerprint density at radius 3 is 2.50 bits per heavy atom.